The summed E-state index contributed by atoms with van der Waals surface area (Å²) < 4.78 is 20.6. The fraction of sp³-hybridized carbons (Fsp3) is 0.100. The maximum absolute atomic E-state index is 13.7. The topological polar surface area (TPSA) is 82.6 Å². The second-order valence-electron chi connectivity index (χ2n) is 6.11. The molecule has 0 saturated carbocycles. The number of ether oxygens (including phenoxy) is 1. The number of nitrogens with zero attached hydrogens (tertiary/aromatic N) is 4. The molecule has 28 heavy (non-hydrogen) atoms. The highest BCUT2D eigenvalue weighted by Crippen LogP contribution is 2.32. The highest BCUT2D eigenvalue weighted by atomic mass is 19.1. The second-order valence-corrected chi connectivity index (χ2v) is 6.11. The SMILES string of the molecule is COCc1nn2c(-c3ccc(F)c([N+](=O)[O-])c3)ccnc2c1-c1ccccc1. The van der Waals surface area contributed by atoms with Crippen LogP contribution in [-0.2, 0) is 11.3 Å². The number of hydrogen-bond donors (Lipinski definition) is 0. The van der Waals surface area contributed by atoms with Gasteiger partial charge >= 0.3 is 5.69 Å². The van der Waals surface area contributed by atoms with E-state index in [0.717, 1.165) is 17.2 Å². The van der Waals surface area contributed by atoms with Crippen LogP contribution in [0.25, 0.3) is 28.0 Å². The number of aromatic nitrogens is 3. The van der Waals surface area contributed by atoms with Gasteiger partial charge in [0, 0.05) is 24.9 Å². The van der Waals surface area contributed by atoms with Crippen molar-refractivity contribution in [2.24, 2.45) is 0 Å². The molecular formula is C20H15FN4O3. The number of halogens is 1. The van der Waals surface area contributed by atoms with Crippen molar-refractivity contribution in [3.8, 4) is 22.4 Å². The van der Waals surface area contributed by atoms with Gasteiger partial charge in [0.2, 0.25) is 5.82 Å². The molecule has 0 unspecified atom stereocenters. The smallest absolute Gasteiger partial charge is 0.305 e. The molecule has 0 saturated heterocycles. The van der Waals surface area contributed by atoms with Crippen molar-refractivity contribution in [3.05, 3.63) is 82.4 Å². The molecule has 0 fully saturated rings. The van der Waals surface area contributed by atoms with Gasteiger partial charge in [-0.2, -0.15) is 9.49 Å². The first-order valence-corrected chi connectivity index (χ1v) is 8.45. The van der Waals surface area contributed by atoms with E-state index in [1.807, 2.05) is 30.3 Å². The van der Waals surface area contributed by atoms with Crippen molar-refractivity contribution in [1.29, 1.82) is 0 Å². The van der Waals surface area contributed by atoms with Gasteiger partial charge in [-0.25, -0.2) is 9.50 Å². The van der Waals surface area contributed by atoms with Gasteiger partial charge in [0.25, 0.3) is 0 Å². The van der Waals surface area contributed by atoms with Gasteiger partial charge in [-0.05, 0) is 23.8 Å². The van der Waals surface area contributed by atoms with Gasteiger partial charge in [-0.15, -0.1) is 0 Å². The third-order valence-electron chi connectivity index (χ3n) is 4.37. The summed E-state index contributed by atoms with van der Waals surface area (Å²) in [7, 11) is 1.58. The van der Waals surface area contributed by atoms with Gasteiger partial charge in [-0.3, -0.25) is 10.1 Å². The second kappa shape index (κ2) is 7.16. The zero-order valence-electron chi connectivity index (χ0n) is 14.9. The minimum Gasteiger partial charge on any atom is -0.378 e. The number of fused-ring (bicyclic) bond motifs is 1. The van der Waals surface area contributed by atoms with E-state index in [4.69, 9.17) is 4.74 Å². The summed E-state index contributed by atoms with van der Waals surface area (Å²) in [5.74, 6) is -0.885. The zero-order valence-corrected chi connectivity index (χ0v) is 14.9. The molecule has 7 nitrogen and oxygen atoms in total. The first kappa shape index (κ1) is 17.7. The average molecular weight is 378 g/mol. The van der Waals surface area contributed by atoms with Crippen molar-refractivity contribution in [3.63, 3.8) is 0 Å². The summed E-state index contributed by atoms with van der Waals surface area (Å²) in [4.78, 5) is 14.8. The zero-order chi connectivity index (χ0) is 19.7. The molecular weight excluding hydrogens is 363 g/mol. The normalized spacial score (nSPS) is 11.1. The number of benzene rings is 2. The van der Waals surface area contributed by atoms with Crippen LogP contribution in [0.5, 0.6) is 0 Å². The summed E-state index contributed by atoms with van der Waals surface area (Å²) in [5, 5.41) is 15.7. The van der Waals surface area contributed by atoms with E-state index in [-0.39, 0.29) is 6.61 Å². The van der Waals surface area contributed by atoms with Crippen LogP contribution in [0.15, 0.2) is 60.8 Å². The van der Waals surface area contributed by atoms with E-state index in [9.17, 15) is 14.5 Å². The number of rotatable bonds is 5. The first-order chi connectivity index (χ1) is 13.6. The minimum atomic E-state index is -0.885. The molecule has 0 aliphatic rings. The molecule has 8 heteroatoms. The molecule has 4 aromatic rings. The lowest BCUT2D eigenvalue weighted by molar-refractivity contribution is -0.387. The van der Waals surface area contributed by atoms with Crippen molar-refractivity contribution >= 4 is 11.3 Å². The fourth-order valence-electron chi connectivity index (χ4n) is 3.16. The predicted molar refractivity (Wildman–Crippen MR) is 101 cm³/mol. The van der Waals surface area contributed by atoms with E-state index >= 15 is 0 Å². The monoisotopic (exact) mass is 378 g/mol. The molecule has 0 spiro atoms. The van der Waals surface area contributed by atoms with E-state index in [2.05, 4.69) is 10.1 Å². The van der Waals surface area contributed by atoms with Crippen LogP contribution in [0.3, 0.4) is 0 Å². The molecule has 2 aromatic heterocycles. The van der Waals surface area contributed by atoms with E-state index in [0.29, 0.717) is 22.6 Å². The van der Waals surface area contributed by atoms with Gasteiger partial charge in [-0.1, -0.05) is 30.3 Å². The van der Waals surface area contributed by atoms with Crippen molar-refractivity contribution in [1.82, 2.24) is 14.6 Å². The van der Waals surface area contributed by atoms with Crippen LogP contribution < -0.4 is 0 Å². The van der Waals surface area contributed by atoms with Gasteiger partial charge in [0.15, 0.2) is 5.65 Å². The van der Waals surface area contributed by atoms with Crippen molar-refractivity contribution in [2.75, 3.05) is 7.11 Å². The first-order valence-electron chi connectivity index (χ1n) is 8.45. The van der Waals surface area contributed by atoms with E-state index < -0.39 is 16.4 Å². The number of nitro benzene ring substituents is 1. The van der Waals surface area contributed by atoms with Crippen LogP contribution in [0.2, 0.25) is 0 Å². The Bertz CT molecular complexity index is 1180. The summed E-state index contributed by atoms with van der Waals surface area (Å²) >= 11 is 0. The molecule has 0 atom stereocenters. The van der Waals surface area contributed by atoms with Crippen LogP contribution in [0.1, 0.15) is 5.69 Å². The predicted octanol–water partition coefficient (Wildman–Crippen LogP) is 4.26. The molecule has 0 radical (unpaired) electrons. The molecule has 0 aliphatic carbocycles. The van der Waals surface area contributed by atoms with Crippen LogP contribution in [-0.4, -0.2) is 26.6 Å². The molecule has 0 amide bonds. The maximum Gasteiger partial charge on any atom is 0.305 e. The lowest BCUT2D eigenvalue weighted by Crippen LogP contribution is -1.98. The molecule has 0 bridgehead atoms. The Morgan fingerprint density at radius 1 is 1.14 bits per heavy atom. The molecule has 2 aromatic carbocycles. The Kier molecular flexibility index (Phi) is 4.54. The average Bonchev–Trinajstić information content (AvgIpc) is 3.07. The van der Waals surface area contributed by atoms with Crippen LogP contribution >= 0.6 is 0 Å². The number of hydrogen-bond acceptors (Lipinski definition) is 5. The minimum absolute atomic E-state index is 0.274. The summed E-state index contributed by atoms with van der Waals surface area (Å²) in [5.41, 5.74) is 3.46. The molecule has 140 valence electrons. The van der Waals surface area contributed by atoms with Gasteiger partial charge in [0.1, 0.15) is 0 Å². The Morgan fingerprint density at radius 3 is 2.64 bits per heavy atom. The maximum atomic E-state index is 13.7. The Hall–Kier alpha value is -3.65. The largest absolute Gasteiger partial charge is 0.378 e. The van der Waals surface area contributed by atoms with Gasteiger partial charge < -0.3 is 4.74 Å². The highest BCUT2D eigenvalue weighted by Gasteiger charge is 2.20. The Labute approximate surface area is 159 Å². The van der Waals surface area contributed by atoms with Gasteiger partial charge in [0.05, 0.1) is 28.5 Å². The Balaban J connectivity index is 1.98. The van der Waals surface area contributed by atoms with Crippen LogP contribution in [0, 0.1) is 15.9 Å². The number of methoxy groups -OCH3 is 1. The van der Waals surface area contributed by atoms with E-state index in [1.54, 1.807) is 23.9 Å². The summed E-state index contributed by atoms with van der Waals surface area (Å²) in [6.45, 7) is 0.274. The van der Waals surface area contributed by atoms with Crippen LogP contribution in [0.4, 0.5) is 10.1 Å². The van der Waals surface area contributed by atoms with Crippen molar-refractivity contribution in [2.45, 2.75) is 6.61 Å². The fourth-order valence-corrected chi connectivity index (χ4v) is 3.16. The molecule has 4 rings (SSSR count). The lowest BCUT2D eigenvalue weighted by Gasteiger charge is -2.06. The summed E-state index contributed by atoms with van der Waals surface area (Å²) in [6, 6.07) is 15.1. The van der Waals surface area contributed by atoms with Crippen molar-refractivity contribution < 1.29 is 14.1 Å². The standard InChI is InChI=1S/C20H15FN4O3/c1-28-12-16-19(13-5-3-2-4-6-13)20-22-10-9-17(24(20)23-16)14-7-8-15(21)18(11-14)25(26)27/h2-11H,12H2,1H3. The third-order valence-corrected chi connectivity index (χ3v) is 4.37. The molecule has 2 heterocycles. The molecule has 0 N–H and O–H groups in total. The summed E-state index contributed by atoms with van der Waals surface area (Å²) in [6.07, 6.45) is 1.60. The highest BCUT2D eigenvalue weighted by molar-refractivity contribution is 5.81. The van der Waals surface area contributed by atoms with E-state index in [1.165, 1.54) is 12.1 Å². The number of nitro groups is 1. The molecule has 0 aliphatic heterocycles. The quantitative estimate of drug-likeness (QED) is 0.383. The Morgan fingerprint density at radius 2 is 1.93 bits per heavy atom. The lowest BCUT2D eigenvalue weighted by atomic mass is 10.1. The third kappa shape index (κ3) is 2.99.